The van der Waals surface area contributed by atoms with E-state index >= 15 is 0 Å². The molecule has 0 bridgehead atoms. The molecule has 3 aliphatic rings. The van der Waals surface area contributed by atoms with Crippen LogP contribution in [0.25, 0.3) is 98.7 Å². The molecule has 0 saturated heterocycles. The number of benzene rings is 11. The van der Waals surface area contributed by atoms with Gasteiger partial charge in [-0.2, -0.15) is 0 Å². The van der Waals surface area contributed by atoms with Gasteiger partial charge in [-0.25, -0.2) is 0 Å². The fourth-order valence-corrected chi connectivity index (χ4v) is 12.5. The third-order valence-corrected chi connectivity index (χ3v) is 15.0. The zero-order valence-electron chi connectivity index (χ0n) is 34.6. The first-order valence-electron chi connectivity index (χ1n) is 22.0. The Hall–Kier alpha value is -7.54. The molecule has 0 aromatic heterocycles. The third kappa shape index (κ3) is 4.17. The molecule has 0 amide bonds. The lowest BCUT2D eigenvalue weighted by atomic mass is 9.69. The van der Waals surface area contributed by atoms with Crippen molar-refractivity contribution in [2.24, 2.45) is 0 Å². The number of fused-ring (bicyclic) bond motifs is 18. The minimum atomic E-state index is -0.485. The summed E-state index contributed by atoms with van der Waals surface area (Å²) < 4.78 is 0. The van der Waals surface area contributed by atoms with Crippen LogP contribution in [-0.4, -0.2) is 0 Å². The average molecular weight is 785 g/mol. The maximum atomic E-state index is 2.62. The van der Waals surface area contributed by atoms with Crippen LogP contribution in [0.5, 0.6) is 0 Å². The zero-order chi connectivity index (χ0) is 40.9. The quantitative estimate of drug-likeness (QED) is 0.153. The molecule has 0 unspecified atom stereocenters. The topological polar surface area (TPSA) is 0 Å². The summed E-state index contributed by atoms with van der Waals surface area (Å²) in [5, 5.41) is 10.2. The van der Waals surface area contributed by atoms with Crippen molar-refractivity contribution >= 4 is 43.1 Å². The first kappa shape index (κ1) is 34.2. The minimum absolute atomic E-state index is 0.0896. The second kappa shape index (κ2) is 12.1. The van der Waals surface area contributed by atoms with Crippen LogP contribution in [0.4, 0.5) is 0 Å². The molecule has 0 nitrogen and oxygen atoms in total. The smallest absolute Gasteiger partial charge is 0.0619 e. The molecular formula is C62H40. The van der Waals surface area contributed by atoms with Gasteiger partial charge in [-0.3, -0.25) is 0 Å². The van der Waals surface area contributed by atoms with Gasteiger partial charge in [0.15, 0.2) is 0 Å². The molecule has 0 heteroatoms. The lowest BCUT2D eigenvalue weighted by Gasteiger charge is -2.31. The van der Waals surface area contributed by atoms with Gasteiger partial charge in [-0.15, -0.1) is 0 Å². The Labute approximate surface area is 361 Å². The first-order chi connectivity index (χ1) is 30.5. The second-order valence-corrected chi connectivity index (χ2v) is 18.3. The molecule has 11 aromatic rings. The minimum Gasteiger partial charge on any atom is -0.0619 e. The number of hydrogen-bond acceptors (Lipinski definition) is 0. The van der Waals surface area contributed by atoms with Crippen LogP contribution in [0, 0.1) is 0 Å². The van der Waals surface area contributed by atoms with Gasteiger partial charge in [0.05, 0.1) is 5.41 Å². The summed E-state index contributed by atoms with van der Waals surface area (Å²) in [5.41, 5.74) is 20.9. The predicted octanol–water partition coefficient (Wildman–Crippen LogP) is 16.3. The van der Waals surface area contributed by atoms with E-state index in [4.69, 9.17) is 0 Å². The SMILES string of the molecule is CC1(C)c2ccccc2-c2ccc(-c3c4ccccc4c(-c4cc5c(c6ccccc46)-c4cc6ccccc6cc4C54c5ccccc5-c5ccccc54)c4ccccc34)cc21. The Kier molecular flexibility index (Phi) is 6.65. The first-order valence-corrected chi connectivity index (χ1v) is 22.0. The largest absolute Gasteiger partial charge is 0.0726 e. The molecule has 1 spiro atoms. The van der Waals surface area contributed by atoms with Gasteiger partial charge in [-0.1, -0.05) is 196 Å². The molecule has 0 atom stereocenters. The maximum absolute atomic E-state index is 2.62. The molecule has 3 aliphatic carbocycles. The highest BCUT2D eigenvalue weighted by atomic mass is 14.5. The van der Waals surface area contributed by atoms with Gasteiger partial charge in [0, 0.05) is 5.41 Å². The van der Waals surface area contributed by atoms with E-state index in [1.807, 2.05) is 0 Å². The van der Waals surface area contributed by atoms with Crippen LogP contribution in [-0.2, 0) is 10.8 Å². The Bertz CT molecular complexity index is 3680. The van der Waals surface area contributed by atoms with Crippen molar-refractivity contribution in [3.63, 3.8) is 0 Å². The van der Waals surface area contributed by atoms with Crippen molar-refractivity contribution in [1.82, 2.24) is 0 Å². The number of rotatable bonds is 2. The van der Waals surface area contributed by atoms with Crippen LogP contribution < -0.4 is 0 Å². The Morgan fingerprint density at radius 2 is 0.710 bits per heavy atom. The van der Waals surface area contributed by atoms with Crippen LogP contribution in [0.2, 0.25) is 0 Å². The summed E-state index contributed by atoms with van der Waals surface area (Å²) in [6.07, 6.45) is 0. The summed E-state index contributed by atoms with van der Waals surface area (Å²) in [6.45, 7) is 4.77. The van der Waals surface area contributed by atoms with Crippen molar-refractivity contribution in [2.75, 3.05) is 0 Å². The van der Waals surface area contributed by atoms with Gasteiger partial charge < -0.3 is 0 Å². The molecule has 0 fully saturated rings. The fraction of sp³-hybridized carbons (Fsp3) is 0.0645. The summed E-state index contributed by atoms with van der Waals surface area (Å²) in [6, 6.07) is 78.6. The average Bonchev–Trinajstić information content (AvgIpc) is 3.87. The van der Waals surface area contributed by atoms with Gasteiger partial charge in [-0.05, 0) is 156 Å². The molecule has 11 aromatic carbocycles. The van der Waals surface area contributed by atoms with E-state index in [2.05, 4.69) is 220 Å². The molecule has 0 saturated carbocycles. The third-order valence-electron chi connectivity index (χ3n) is 15.0. The zero-order valence-corrected chi connectivity index (χ0v) is 34.6. The van der Waals surface area contributed by atoms with E-state index in [-0.39, 0.29) is 5.41 Å². The van der Waals surface area contributed by atoms with Crippen LogP contribution >= 0.6 is 0 Å². The van der Waals surface area contributed by atoms with Crippen LogP contribution in [0.15, 0.2) is 206 Å². The summed E-state index contributed by atoms with van der Waals surface area (Å²) in [4.78, 5) is 0. The van der Waals surface area contributed by atoms with Gasteiger partial charge in [0.2, 0.25) is 0 Å². The summed E-state index contributed by atoms with van der Waals surface area (Å²) >= 11 is 0. The fourth-order valence-electron chi connectivity index (χ4n) is 12.5. The van der Waals surface area contributed by atoms with E-state index in [1.165, 1.54) is 132 Å². The highest BCUT2D eigenvalue weighted by Crippen LogP contribution is 2.65. The second-order valence-electron chi connectivity index (χ2n) is 18.3. The standard InChI is InChI=1S/C62H40/c1-61(2)52-28-14-11-20-41(52)44-32-31-39(35-55(44)61)58-46-24-7-9-26-48(46)59(49-27-10-8-25-47(49)58)50-36-57-60(45-23-6-5-19-40(45)50)51-33-37-17-3-4-18-38(37)34-56(51)62(57)53-29-15-12-21-42(53)43-22-13-16-30-54(43)62/h3-36H,1-2H3. The lowest BCUT2D eigenvalue weighted by Crippen LogP contribution is -2.26. The van der Waals surface area contributed by atoms with Crippen LogP contribution in [0.3, 0.4) is 0 Å². The Morgan fingerprint density at radius 3 is 1.32 bits per heavy atom. The molecule has 288 valence electrons. The van der Waals surface area contributed by atoms with Crippen molar-refractivity contribution in [2.45, 2.75) is 24.7 Å². The van der Waals surface area contributed by atoms with Gasteiger partial charge in [0.25, 0.3) is 0 Å². The summed E-state index contributed by atoms with van der Waals surface area (Å²) in [7, 11) is 0. The van der Waals surface area contributed by atoms with E-state index in [0.29, 0.717) is 0 Å². The molecular weight excluding hydrogens is 745 g/mol. The van der Waals surface area contributed by atoms with E-state index in [9.17, 15) is 0 Å². The highest BCUT2D eigenvalue weighted by molar-refractivity contribution is 6.25. The molecule has 0 heterocycles. The van der Waals surface area contributed by atoms with Crippen molar-refractivity contribution in [1.29, 1.82) is 0 Å². The molecule has 0 aliphatic heterocycles. The predicted molar refractivity (Wildman–Crippen MR) is 261 cm³/mol. The molecule has 62 heavy (non-hydrogen) atoms. The maximum Gasteiger partial charge on any atom is 0.0726 e. The van der Waals surface area contributed by atoms with Crippen molar-refractivity contribution in [3.8, 4) is 55.6 Å². The Morgan fingerprint density at radius 1 is 0.258 bits per heavy atom. The lowest BCUT2D eigenvalue weighted by molar-refractivity contribution is 0.660. The normalized spacial score (nSPS) is 14.5. The number of hydrogen-bond donors (Lipinski definition) is 0. The van der Waals surface area contributed by atoms with Gasteiger partial charge in [0.1, 0.15) is 0 Å². The van der Waals surface area contributed by atoms with Crippen LogP contribution in [0.1, 0.15) is 47.2 Å². The monoisotopic (exact) mass is 784 g/mol. The summed E-state index contributed by atoms with van der Waals surface area (Å²) in [5.74, 6) is 0. The van der Waals surface area contributed by atoms with E-state index in [0.717, 1.165) is 0 Å². The van der Waals surface area contributed by atoms with Crippen molar-refractivity contribution in [3.05, 3.63) is 240 Å². The molecule has 14 rings (SSSR count). The van der Waals surface area contributed by atoms with E-state index < -0.39 is 5.41 Å². The molecule has 0 N–H and O–H groups in total. The van der Waals surface area contributed by atoms with E-state index in [1.54, 1.807) is 0 Å². The van der Waals surface area contributed by atoms with Crippen molar-refractivity contribution < 1.29 is 0 Å². The molecule has 0 radical (unpaired) electrons. The van der Waals surface area contributed by atoms with Gasteiger partial charge >= 0.3 is 0 Å². The Balaban J connectivity index is 1.11. The highest BCUT2D eigenvalue weighted by Gasteiger charge is 2.52.